The van der Waals surface area contributed by atoms with Crippen LogP contribution < -0.4 is 4.74 Å². The highest BCUT2D eigenvalue weighted by molar-refractivity contribution is 5.70. The molecular weight excluding hydrogens is 220 g/mol. The van der Waals surface area contributed by atoms with E-state index in [0.717, 1.165) is 12.2 Å². The normalized spacial score (nSPS) is 10.1. The Bertz CT molecular complexity index is 514. The molecule has 1 heteroatoms. The Hall–Kier alpha value is -2.02. The number of ether oxygens (including phenoxy) is 1. The lowest BCUT2D eigenvalue weighted by molar-refractivity contribution is 0.337. The van der Waals surface area contributed by atoms with Crippen LogP contribution in [-0.4, -0.2) is 6.61 Å². The molecule has 2 aromatic carbocycles. The largest absolute Gasteiger partial charge is 0.494 e. The van der Waals surface area contributed by atoms with Gasteiger partial charge in [0, 0.05) is 5.56 Å². The van der Waals surface area contributed by atoms with E-state index in [2.05, 4.69) is 36.9 Å². The van der Waals surface area contributed by atoms with Crippen LogP contribution in [0, 0.1) is 0 Å². The van der Waals surface area contributed by atoms with Crippen molar-refractivity contribution in [2.45, 2.75) is 13.3 Å². The lowest BCUT2D eigenvalue weighted by atomic mass is 9.97. The average molecular weight is 238 g/mol. The van der Waals surface area contributed by atoms with Crippen LogP contribution in [-0.2, 0) is 6.42 Å². The molecule has 18 heavy (non-hydrogen) atoms. The summed E-state index contributed by atoms with van der Waals surface area (Å²) in [6.07, 6.45) is 2.74. The first kappa shape index (κ1) is 12.4. The van der Waals surface area contributed by atoms with Gasteiger partial charge in [-0.25, -0.2) is 0 Å². The Kier molecular flexibility index (Phi) is 4.19. The predicted molar refractivity (Wildman–Crippen MR) is 76.9 cm³/mol. The molecule has 0 unspecified atom stereocenters. The van der Waals surface area contributed by atoms with Crippen molar-refractivity contribution in [1.82, 2.24) is 0 Å². The van der Waals surface area contributed by atoms with Crippen LogP contribution in [0.3, 0.4) is 0 Å². The third kappa shape index (κ3) is 2.62. The Morgan fingerprint density at radius 3 is 2.50 bits per heavy atom. The van der Waals surface area contributed by atoms with Gasteiger partial charge in [-0.15, -0.1) is 6.58 Å². The van der Waals surface area contributed by atoms with E-state index in [4.69, 9.17) is 4.74 Å². The molecule has 0 heterocycles. The molecule has 2 rings (SSSR count). The number of rotatable bonds is 5. The van der Waals surface area contributed by atoms with Crippen LogP contribution in [0.4, 0.5) is 0 Å². The third-order valence-corrected chi connectivity index (χ3v) is 2.87. The molecule has 2 aromatic rings. The molecule has 0 aromatic heterocycles. The summed E-state index contributed by atoms with van der Waals surface area (Å²) >= 11 is 0. The standard InChI is InChI=1S/C17H18O/c1-3-9-16-15(14-10-6-5-7-11-14)12-8-13-17(16)18-4-2/h3,5-8,10-13H,1,4,9H2,2H3. The van der Waals surface area contributed by atoms with E-state index in [1.54, 1.807) is 0 Å². The van der Waals surface area contributed by atoms with Gasteiger partial charge in [0.15, 0.2) is 0 Å². The molecule has 0 N–H and O–H groups in total. The molecule has 0 atom stereocenters. The highest BCUT2D eigenvalue weighted by Gasteiger charge is 2.09. The van der Waals surface area contributed by atoms with Crippen molar-refractivity contribution >= 4 is 0 Å². The summed E-state index contributed by atoms with van der Waals surface area (Å²) < 4.78 is 5.70. The van der Waals surface area contributed by atoms with Crippen molar-refractivity contribution in [3.05, 3.63) is 66.7 Å². The van der Waals surface area contributed by atoms with E-state index in [-0.39, 0.29) is 0 Å². The molecule has 0 radical (unpaired) electrons. The van der Waals surface area contributed by atoms with Gasteiger partial charge in [0.1, 0.15) is 5.75 Å². The molecular formula is C17H18O. The monoisotopic (exact) mass is 238 g/mol. The van der Waals surface area contributed by atoms with Crippen LogP contribution in [0.5, 0.6) is 5.75 Å². The van der Waals surface area contributed by atoms with E-state index in [1.807, 2.05) is 31.2 Å². The summed E-state index contributed by atoms with van der Waals surface area (Å²) in [5, 5.41) is 0. The van der Waals surface area contributed by atoms with E-state index < -0.39 is 0 Å². The Morgan fingerprint density at radius 1 is 1.06 bits per heavy atom. The molecule has 92 valence electrons. The fourth-order valence-electron chi connectivity index (χ4n) is 2.10. The van der Waals surface area contributed by atoms with Crippen molar-refractivity contribution in [3.63, 3.8) is 0 Å². The minimum atomic E-state index is 0.683. The first-order valence-electron chi connectivity index (χ1n) is 6.27. The lowest BCUT2D eigenvalue weighted by Crippen LogP contribution is -1.98. The van der Waals surface area contributed by atoms with Crippen LogP contribution in [0.15, 0.2) is 61.2 Å². The molecule has 0 amide bonds. The molecule has 0 aliphatic carbocycles. The van der Waals surface area contributed by atoms with Crippen LogP contribution >= 0.6 is 0 Å². The summed E-state index contributed by atoms with van der Waals surface area (Å²) in [7, 11) is 0. The number of hydrogen-bond donors (Lipinski definition) is 0. The Labute approximate surface area is 109 Å². The summed E-state index contributed by atoms with van der Waals surface area (Å²) in [5.41, 5.74) is 3.65. The molecule has 0 fully saturated rings. The van der Waals surface area contributed by atoms with Gasteiger partial charge in [-0.1, -0.05) is 48.5 Å². The van der Waals surface area contributed by atoms with E-state index >= 15 is 0 Å². The maximum atomic E-state index is 5.70. The average Bonchev–Trinajstić information content (AvgIpc) is 2.42. The van der Waals surface area contributed by atoms with Gasteiger partial charge in [-0.2, -0.15) is 0 Å². The smallest absolute Gasteiger partial charge is 0.123 e. The molecule has 0 spiro atoms. The molecule has 0 saturated carbocycles. The maximum Gasteiger partial charge on any atom is 0.123 e. The van der Waals surface area contributed by atoms with Crippen LogP contribution in [0.1, 0.15) is 12.5 Å². The van der Waals surface area contributed by atoms with E-state index in [0.29, 0.717) is 6.61 Å². The van der Waals surface area contributed by atoms with Crippen LogP contribution in [0.2, 0.25) is 0 Å². The molecule has 0 saturated heterocycles. The summed E-state index contributed by atoms with van der Waals surface area (Å²) in [6.45, 7) is 6.53. The van der Waals surface area contributed by atoms with Crippen LogP contribution in [0.25, 0.3) is 11.1 Å². The number of allylic oxidation sites excluding steroid dienone is 1. The minimum absolute atomic E-state index is 0.683. The second kappa shape index (κ2) is 6.06. The van der Waals surface area contributed by atoms with Gasteiger partial charge in [0.05, 0.1) is 6.61 Å². The maximum absolute atomic E-state index is 5.70. The SMILES string of the molecule is C=CCc1c(OCC)cccc1-c1ccccc1. The van der Waals surface area contributed by atoms with Gasteiger partial charge in [0.2, 0.25) is 0 Å². The van der Waals surface area contributed by atoms with Crippen molar-refractivity contribution < 1.29 is 4.74 Å². The van der Waals surface area contributed by atoms with Crippen molar-refractivity contribution in [2.75, 3.05) is 6.61 Å². The van der Waals surface area contributed by atoms with Gasteiger partial charge < -0.3 is 4.74 Å². The van der Waals surface area contributed by atoms with Gasteiger partial charge >= 0.3 is 0 Å². The third-order valence-electron chi connectivity index (χ3n) is 2.87. The predicted octanol–water partition coefficient (Wildman–Crippen LogP) is 4.48. The van der Waals surface area contributed by atoms with Crippen molar-refractivity contribution in [2.24, 2.45) is 0 Å². The topological polar surface area (TPSA) is 9.23 Å². The van der Waals surface area contributed by atoms with Gasteiger partial charge in [0.25, 0.3) is 0 Å². The zero-order valence-corrected chi connectivity index (χ0v) is 10.7. The van der Waals surface area contributed by atoms with E-state index in [1.165, 1.54) is 16.7 Å². The Morgan fingerprint density at radius 2 is 1.83 bits per heavy atom. The fourth-order valence-corrected chi connectivity index (χ4v) is 2.10. The summed E-state index contributed by atoms with van der Waals surface area (Å²) in [6, 6.07) is 16.6. The van der Waals surface area contributed by atoms with Gasteiger partial charge in [-0.05, 0) is 30.5 Å². The quantitative estimate of drug-likeness (QED) is 0.698. The number of hydrogen-bond acceptors (Lipinski definition) is 1. The molecule has 0 aliphatic heterocycles. The number of benzene rings is 2. The first-order chi connectivity index (χ1) is 8.86. The molecule has 0 bridgehead atoms. The highest BCUT2D eigenvalue weighted by atomic mass is 16.5. The van der Waals surface area contributed by atoms with E-state index in [9.17, 15) is 0 Å². The Balaban J connectivity index is 2.52. The second-order valence-electron chi connectivity index (χ2n) is 4.07. The lowest BCUT2D eigenvalue weighted by Gasteiger charge is -2.14. The zero-order chi connectivity index (χ0) is 12.8. The second-order valence-corrected chi connectivity index (χ2v) is 4.07. The van der Waals surface area contributed by atoms with Crippen molar-refractivity contribution in [3.8, 4) is 16.9 Å². The van der Waals surface area contributed by atoms with Gasteiger partial charge in [-0.3, -0.25) is 0 Å². The zero-order valence-electron chi connectivity index (χ0n) is 10.7. The summed E-state index contributed by atoms with van der Waals surface area (Å²) in [4.78, 5) is 0. The van der Waals surface area contributed by atoms with Crippen molar-refractivity contribution in [1.29, 1.82) is 0 Å². The molecule has 1 nitrogen and oxygen atoms in total. The minimum Gasteiger partial charge on any atom is -0.494 e. The summed E-state index contributed by atoms with van der Waals surface area (Å²) in [5.74, 6) is 0.957. The molecule has 0 aliphatic rings. The fraction of sp³-hybridized carbons (Fsp3) is 0.176. The first-order valence-corrected chi connectivity index (χ1v) is 6.27. The highest BCUT2D eigenvalue weighted by Crippen LogP contribution is 2.31.